The smallest absolute Gasteiger partial charge is 0.400 e. The van der Waals surface area contributed by atoms with Crippen LogP contribution in [0.4, 0.5) is 20.4 Å². The van der Waals surface area contributed by atoms with Crippen molar-refractivity contribution < 1.29 is 18.1 Å². The SMILES string of the molecule is O=[N+]([O-])c1ccc(C=Nn2c(-c3ccc(Cl)c(Cl)c3)csc2=Nc2ccc(F)cc2F)o1. The van der Waals surface area contributed by atoms with Crippen molar-refractivity contribution in [2.24, 2.45) is 10.1 Å². The van der Waals surface area contributed by atoms with Crippen molar-refractivity contribution in [3.63, 3.8) is 0 Å². The Morgan fingerprint density at radius 1 is 1.09 bits per heavy atom. The van der Waals surface area contributed by atoms with Crippen LogP contribution in [0, 0.1) is 21.7 Å². The van der Waals surface area contributed by atoms with E-state index < -0.39 is 22.4 Å². The van der Waals surface area contributed by atoms with Crippen molar-refractivity contribution in [1.82, 2.24) is 4.68 Å². The maximum Gasteiger partial charge on any atom is 0.433 e. The third-order valence-electron chi connectivity index (χ3n) is 4.12. The monoisotopic (exact) mass is 494 g/mol. The van der Waals surface area contributed by atoms with Crippen LogP contribution in [0.1, 0.15) is 5.76 Å². The molecule has 2 heterocycles. The van der Waals surface area contributed by atoms with E-state index in [9.17, 15) is 18.9 Å². The van der Waals surface area contributed by atoms with E-state index in [0.29, 0.717) is 21.3 Å². The molecule has 0 saturated heterocycles. The summed E-state index contributed by atoms with van der Waals surface area (Å²) in [4.78, 5) is 14.6. The van der Waals surface area contributed by atoms with Crippen LogP contribution in [0.25, 0.3) is 11.3 Å². The zero-order valence-corrected chi connectivity index (χ0v) is 18.0. The minimum atomic E-state index is -0.841. The van der Waals surface area contributed by atoms with Crippen molar-refractivity contribution in [3.05, 3.63) is 96.3 Å². The van der Waals surface area contributed by atoms with E-state index in [2.05, 4.69) is 10.1 Å². The molecule has 0 aliphatic carbocycles. The second-order valence-electron chi connectivity index (χ2n) is 6.23. The summed E-state index contributed by atoms with van der Waals surface area (Å²) in [5, 5.41) is 17.5. The van der Waals surface area contributed by atoms with Crippen molar-refractivity contribution in [1.29, 1.82) is 0 Å². The second kappa shape index (κ2) is 9.03. The van der Waals surface area contributed by atoms with Gasteiger partial charge in [-0.2, -0.15) is 5.10 Å². The number of benzene rings is 2. The molecule has 4 aromatic rings. The summed E-state index contributed by atoms with van der Waals surface area (Å²) in [5.74, 6) is -1.89. The molecule has 0 aliphatic heterocycles. The third kappa shape index (κ3) is 4.62. The Morgan fingerprint density at radius 3 is 2.59 bits per heavy atom. The Hall–Kier alpha value is -3.34. The lowest BCUT2D eigenvalue weighted by Crippen LogP contribution is -2.11. The highest BCUT2D eigenvalue weighted by Gasteiger charge is 2.13. The highest BCUT2D eigenvalue weighted by atomic mass is 35.5. The van der Waals surface area contributed by atoms with Crippen molar-refractivity contribution in [2.45, 2.75) is 0 Å². The number of aromatic nitrogens is 1. The maximum atomic E-state index is 14.1. The van der Waals surface area contributed by atoms with Gasteiger partial charge in [-0.15, -0.1) is 11.3 Å². The van der Waals surface area contributed by atoms with Crippen molar-refractivity contribution in [3.8, 4) is 11.3 Å². The Labute approximate surface area is 192 Å². The molecule has 162 valence electrons. The van der Waals surface area contributed by atoms with Gasteiger partial charge in [0.15, 0.2) is 11.6 Å². The molecular weight excluding hydrogens is 485 g/mol. The Morgan fingerprint density at radius 2 is 1.91 bits per heavy atom. The summed E-state index contributed by atoms with van der Waals surface area (Å²) in [5.41, 5.74) is 1.08. The number of rotatable bonds is 5. The average Bonchev–Trinajstić information content (AvgIpc) is 3.38. The van der Waals surface area contributed by atoms with Gasteiger partial charge in [0.05, 0.1) is 28.0 Å². The van der Waals surface area contributed by atoms with Gasteiger partial charge < -0.3 is 4.42 Å². The quantitative estimate of drug-likeness (QED) is 0.182. The third-order valence-corrected chi connectivity index (χ3v) is 5.67. The van der Waals surface area contributed by atoms with E-state index in [4.69, 9.17) is 27.6 Å². The van der Waals surface area contributed by atoms with E-state index in [-0.39, 0.29) is 16.2 Å². The lowest BCUT2D eigenvalue weighted by Gasteiger charge is -2.05. The van der Waals surface area contributed by atoms with Crippen LogP contribution in [-0.2, 0) is 0 Å². The number of hydrogen-bond donors (Lipinski definition) is 0. The molecule has 32 heavy (non-hydrogen) atoms. The van der Waals surface area contributed by atoms with Gasteiger partial charge in [0.25, 0.3) is 0 Å². The molecule has 0 radical (unpaired) electrons. The largest absolute Gasteiger partial charge is 0.433 e. The lowest BCUT2D eigenvalue weighted by atomic mass is 10.2. The molecule has 0 aliphatic rings. The van der Waals surface area contributed by atoms with Gasteiger partial charge in [-0.25, -0.2) is 18.4 Å². The lowest BCUT2D eigenvalue weighted by molar-refractivity contribution is -0.402. The normalized spacial score (nSPS) is 12.1. The first-order valence-corrected chi connectivity index (χ1v) is 10.4. The molecule has 0 spiro atoms. The van der Waals surface area contributed by atoms with E-state index in [1.54, 1.807) is 23.6 Å². The molecule has 7 nitrogen and oxygen atoms in total. The summed E-state index contributed by atoms with van der Waals surface area (Å²) in [6, 6.07) is 10.5. The highest BCUT2D eigenvalue weighted by Crippen LogP contribution is 2.29. The highest BCUT2D eigenvalue weighted by molar-refractivity contribution is 7.07. The predicted molar refractivity (Wildman–Crippen MR) is 118 cm³/mol. The van der Waals surface area contributed by atoms with Crippen LogP contribution >= 0.6 is 34.5 Å². The van der Waals surface area contributed by atoms with Crippen molar-refractivity contribution in [2.75, 3.05) is 0 Å². The van der Waals surface area contributed by atoms with E-state index in [1.165, 1.54) is 29.1 Å². The Balaban J connectivity index is 1.85. The first kappa shape index (κ1) is 21.9. The summed E-state index contributed by atoms with van der Waals surface area (Å²) in [6.07, 6.45) is 1.25. The average molecular weight is 495 g/mol. The van der Waals surface area contributed by atoms with Gasteiger partial charge in [0, 0.05) is 17.0 Å². The molecule has 0 fully saturated rings. The number of hydrogen-bond acceptors (Lipinski definition) is 6. The van der Waals surface area contributed by atoms with Crippen LogP contribution in [-0.4, -0.2) is 15.8 Å². The summed E-state index contributed by atoms with van der Waals surface area (Å²) >= 11 is 13.3. The molecule has 4 rings (SSSR count). The van der Waals surface area contributed by atoms with Gasteiger partial charge in [-0.05, 0) is 30.3 Å². The molecule has 0 N–H and O–H groups in total. The fourth-order valence-corrected chi connectivity index (χ4v) is 3.79. The number of nitrogens with zero attached hydrogens (tertiary/aromatic N) is 4. The predicted octanol–water partition coefficient (Wildman–Crippen LogP) is 6.42. The van der Waals surface area contributed by atoms with Gasteiger partial charge in [-0.1, -0.05) is 29.3 Å². The van der Waals surface area contributed by atoms with Gasteiger partial charge in [0.2, 0.25) is 4.80 Å². The molecule has 0 bridgehead atoms. The van der Waals surface area contributed by atoms with Crippen LogP contribution < -0.4 is 4.80 Å². The summed E-state index contributed by atoms with van der Waals surface area (Å²) in [7, 11) is 0. The summed E-state index contributed by atoms with van der Waals surface area (Å²) in [6.45, 7) is 0. The van der Waals surface area contributed by atoms with Gasteiger partial charge >= 0.3 is 5.88 Å². The number of furan rings is 1. The van der Waals surface area contributed by atoms with E-state index >= 15 is 0 Å². The number of halogens is 4. The molecular formula is C20H10Cl2F2N4O3S. The molecule has 2 aromatic heterocycles. The van der Waals surface area contributed by atoms with E-state index in [0.717, 1.165) is 23.5 Å². The van der Waals surface area contributed by atoms with Gasteiger partial charge in [0.1, 0.15) is 16.4 Å². The van der Waals surface area contributed by atoms with E-state index in [1.807, 2.05) is 0 Å². The van der Waals surface area contributed by atoms with Crippen LogP contribution in [0.15, 0.2) is 68.4 Å². The van der Waals surface area contributed by atoms with Gasteiger partial charge in [-0.3, -0.25) is 10.1 Å². The molecule has 0 atom stereocenters. The fourth-order valence-electron chi connectivity index (χ4n) is 2.64. The van der Waals surface area contributed by atoms with Crippen LogP contribution in [0.5, 0.6) is 0 Å². The molecule has 12 heteroatoms. The Kier molecular flexibility index (Phi) is 6.17. The first-order chi connectivity index (χ1) is 15.3. The first-order valence-electron chi connectivity index (χ1n) is 8.76. The minimum Gasteiger partial charge on any atom is -0.400 e. The molecule has 0 saturated carbocycles. The standard InChI is InChI=1S/C20H10Cl2F2N4O3S/c21-14-4-1-11(7-15(14)22)18-10-32-20(26-17-5-2-12(23)8-16(17)24)27(18)25-9-13-3-6-19(31-13)28(29)30/h1-10H. The van der Waals surface area contributed by atoms with Crippen molar-refractivity contribution >= 4 is 52.3 Å². The summed E-state index contributed by atoms with van der Waals surface area (Å²) < 4.78 is 33.8. The topological polar surface area (TPSA) is 85.9 Å². The zero-order valence-electron chi connectivity index (χ0n) is 15.7. The Bertz CT molecular complexity index is 1430. The van der Waals surface area contributed by atoms with Crippen LogP contribution in [0.2, 0.25) is 10.0 Å². The molecule has 2 aromatic carbocycles. The number of nitro groups is 1. The fraction of sp³-hybridized carbons (Fsp3) is 0. The maximum absolute atomic E-state index is 14.1. The zero-order chi connectivity index (χ0) is 22.8. The number of thiazole rings is 1. The molecule has 0 unspecified atom stereocenters. The van der Waals surface area contributed by atoms with Crippen LogP contribution in [0.3, 0.4) is 0 Å². The minimum absolute atomic E-state index is 0.0912. The molecule has 0 amide bonds. The second-order valence-corrected chi connectivity index (χ2v) is 7.88.